The summed E-state index contributed by atoms with van der Waals surface area (Å²) in [5.41, 5.74) is 0. The fraction of sp³-hybridized carbons (Fsp3) is 0.571. The molecule has 0 saturated heterocycles. The van der Waals surface area contributed by atoms with Crippen molar-refractivity contribution in [2.45, 2.75) is 12.7 Å². The summed E-state index contributed by atoms with van der Waals surface area (Å²) in [5, 5.41) is 2.70. The molecule has 1 heterocycles. The molecule has 0 aliphatic rings. The second kappa shape index (κ2) is 3.83. The molecular formula is C7H10BrNO2S. The highest BCUT2D eigenvalue weighted by Gasteiger charge is 2.29. The van der Waals surface area contributed by atoms with Gasteiger partial charge in [0.1, 0.15) is 4.60 Å². The third-order valence-electron chi connectivity index (χ3n) is 1.64. The van der Waals surface area contributed by atoms with Gasteiger partial charge in [0.15, 0.2) is 5.01 Å². The molecule has 0 fully saturated rings. The first-order valence-electron chi connectivity index (χ1n) is 3.34. The predicted molar refractivity (Wildman–Crippen MR) is 51.2 cm³/mol. The number of nitrogens with zero attached hydrogens (tertiary/aromatic N) is 1. The second-order valence-corrected chi connectivity index (χ2v) is 4.00. The molecule has 1 aromatic heterocycles. The summed E-state index contributed by atoms with van der Waals surface area (Å²) in [6.07, 6.45) is 0. The van der Waals surface area contributed by atoms with Gasteiger partial charge in [-0.05, 0) is 22.9 Å². The maximum atomic E-state index is 5.19. The van der Waals surface area contributed by atoms with Crippen LogP contribution in [0.4, 0.5) is 0 Å². The van der Waals surface area contributed by atoms with Crippen LogP contribution < -0.4 is 0 Å². The highest BCUT2D eigenvalue weighted by atomic mass is 79.9. The van der Waals surface area contributed by atoms with Crippen LogP contribution in [0.1, 0.15) is 11.9 Å². The van der Waals surface area contributed by atoms with E-state index in [9.17, 15) is 0 Å². The van der Waals surface area contributed by atoms with E-state index in [2.05, 4.69) is 20.9 Å². The van der Waals surface area contributed by atoms with E-state index < -0.39 is 5.79 Å². The lowest BCUT2D eigenvalue weighted by molar-refractivity contribution is -0.201. The van der Waals surface area contributed by atoms with Crippen molar-refractivity contribution in [3.8, 4) is 0 Å². The minimum Gasteiger partial charge on any atom is -0.348 e. The first-order valence-corrected chi connectivity index (χ1v) is 5.01. The van der Waals surface area contributed by atoms with Crippen LogP contribution >= 0.6 is 27.3 Å². The molecule has 0 aromatic carbocycles. The minimum absolute atomic E-state index is 0.726. The summed E-state index contributed by atoms with van der Waals surface area (Å²) >= 11 is 4.77. The first-order chi connectivity index (χ1) is 5.62. The molecule has 0 N–H and O–H groups in total. The van der Waals surface area contributed by atoms with Crippen molar-refractivity contribution in [1.82, 2.24) is 4.98 Å². The molecule has 0 aliphatic heterocycles. The van der Waals surface area contributed by atoms with Gasteiger partial charge in [0.05, 0.1) is 0 Å². The molecular weight excluding hydrogens is 242 g/mol. The van der Waals surface area contributed by atoms with Gasteiger partial charge in [-0.15, -0.1) is 11.3 Å². The molecule has 0 spiro atoms. The lowest BCUT2D eigenvalue weighted by Crippen LogP contribution is -2.26. The van der Waals surface area contributed by atoms with E-state index in [4.69, 9.17) is 9.47 Å². The van der Waals surface area contributed by atoms with Gasteiger partial charge in [0, 0.05) is 19.6 Å². The average Bonchev–Trinajstić information content (AvgIpc) is 2.51. The van der Waals surface area contributed by atoms with E-state index in [1.54, 1.807) is 14.2 Å². The molecule has 68 valence electrons. The lowest BCUT2D eigenvalue weighted by Gasteiger charge is -2.23. The number of rotatable bonds is 3. The van der Waals surface area contributed by atoms with Crippen LogP contribution in [0.2, 0.25) is 0 Å². The SMILES string of the molecule is COC(C)(OC)c1nc(Br)cs1. The van der Waals surface area contributed by atoms with E-state index in [1.807, 2.05) is 12.3 Å². The Kier molecular flexibility index (Phi) is 3.22. The first kappa shape index (κ1) is 10.1. The summed E-state index contributed by atoms with van der Waals surface area (Å²) in [4.78, 5) is 4.21. The van der Waals surface area contributed by atoms with E-state index >= 15 is 0 Å². The summed E-state index contributed by atoms with van der Waals surface area (Å²) in [6, 6.07) is 0. The number of methoxy groups -OCH3 is 2. The van der Waals surface area contributed by atoms with Crippen molar-refractivity contribution < 1.29 is 9.47 Å². The van der Waals surface area contributed by atoms with Gasteiger partial charge >= 0.3 is 0 Å². The molecule has 0 aliphatic carbocycles. The highest BCUT2D eigenvalue weighted by molar-refractivity contribution is 9.10. The van der Waals surface area contributed by atoms with Crippen LogP contribution in [0.25, 0.3) is 0 Å². The van der Waals surface area contributed by atoms with Gasteiger partial charge in [-0.25, -0.2) is 4.98 Å². The van der Waals surface area contributed by atoms with Crippen LogP contribution in [-0.4, -0.2) is 19.2 Å². The zero-order valence-corrected chi connectivity index (χ0v) is 9.53. The summed E-state index contributed by atoms with van der Waals surface area (Å²) in [6.45, 7) is 1.83. The minimum atomic E-state index is -0.726. The van der Waals surface area contributed by atoms with Crippen LogP contribution in [0.3, 0.4) is 0 Å². The number of thiazole rings is 1. The molecule has 12 heavy (non-hydrogen) atoms. The fourth-order valence-corrected chi connectivity index (χ4v) is 2.09. The average molecular weight is 252 g/mol. The Morgan fingerprint density at radius 3 is 2.42 bits per heavy atom. The zero-order chi connectivity index (χ0) is 9.19. The molecule has 0 unspecified atom stereocenters. The second-order valence-electron chi connectivity index (χ2n) is 2.33. The van der Waals surface area contributed by atoms with Gasteiger partial charge in [0.25, 0.3) is 0 Å². The van der Waals surface area contributed by atoms with Gasteiger partial charge in [-0.3, -0.25) is 0 Å². The molecule has 0 amide bonds. The molecule has 0 bridgehead atoms. The van der Waals surface area contributed by atoms with Gasteiger partial charge < -0.3 is 9.47 Å². The third-order valence-corrected chi connectivity index (χ3v) is 3.38. The zero-order valence-electron chi connectivity index (χ0n) is 7.13. The summed E-state index contributed by atoms with van der Waals surface area (Å²) < 4.78 is 11.2. The van der Waals surface area contributed by atoms with Crippen molar-refractivity contribution in [3.05, 3.63) is 15.0 Å². The molecule has 0 radical (unpaired) electrons. The Labute approximate surface area is 83.8 Å². The maximum absolute atomic E-state index is 5.19. The quantitative estimate of drug-likeness (QED) is 0.774. The van der Waals surface area contributed by atoms with Gasteiger partial charge in [-0.1, -0.05) is 0 Å². The molecule has 1 aromatic rings. The van der Waals surface area contributed by atoms with Crippen molar-refractivity contribution in [2.75, 3.05) is 14.2 Å². The Morgan fingerprint density at radius 1 is 1.50 bits per heavy atom. The predicted octanol–water partition coefficient (Wildman–Crippen LogP) is 2.37. The Hall–Kier alpha value is 0.0300. The van der Waals surface area contributed by atoms with Crippen LogP contribution in [-0.2, 0) is 15.3 Å². The normalized spacial score (nSPS) is 12.0. The van der Waals surface area contributed by atoms with E-state index in [0.717, 1.165) is 9.61 Å². The molecule has 0 saturated carbocycles. The number of ether oxygens (including phenoxy) is 2. The van der Waals surface area contributed by atoms with Crippen LogP contribution in [0.15, 0.2) is 9.98 Å². The standard InChI is InChI=1S/C7H10BrNO2S/c1-7(10-2,11-3)6-9-5(8)4-12-6/h4H,1-3H3. The largest absolute Gasteiger partial charge is 0.348 e. The summed E-state index contributed by atoms with van der Waals surface area (Å²) in [5.74, 6) is -0.726. The van der Waals surface area contributed by atoms with E-state index in [0.29, 0.717) is 0 Å². The van der Waals surface area contributed by atoms with Crippen molar-refractivity contribution in [3.63, 3.8) is 0 Å². The van der Waals surface area contributed by atoms with Crippen molar-refractivity contribution in [2.24, 2.45) is 0 Å². The van der Waals surface area contributed by atoms with Crippen molar-refractivity contribution >= 4 is 27.3 Å². The lowest BCUT2D eigenvalue weighted by atomic mass is 10.3. The third kappa shape index (κ3) is 1.85. The monoisotopic (exact) mass is 251 g/mol. The van der Waals surface area contributed by atoms with Crippen molar-refractivity contribution in [1.29, 1.82) is 0 Å². The van der Waals surface area contributed by atoms with Crippen LogP contribution in [0.5, 0.6) is 0 Å². The Bertz CT molecular complexity index is 260. The number of hydrogen-bond acceptors (Lipinski definition) is 4. The van der Waals surface area contributed by atoms with Gasteiger partial charge in [0.2, 0.25) is 5.79 Å². The molecule has 3 nitrogen and oxygen atoms in total. The molecule has 0 atom stereocenters. The Balaban J connectivity index is 2.94. The molecule has 5 heteroatoms. The topological polar surface area (TPSA) is 31.4 Å². The number of hydrogen-bond donors (Lipinski definition) is 0. The fourth-order valence-electron chi connectivity index (χ4n) is 0.721. The van der Waals surface area contributed by atoms with Crippen LogP contribution in [0, 0.1) is 0 Å². The van der Waals surface area contributed by atoms with E-state index in [-0.39, 0.29) is 0 Å². The highest BCUT2D eigenvalue weighted by Crippen LogP contribution is 2.29. The molecule has 1 rings (SSSR count). The number of halogens is 1. The van der Waals surface area contributed by atoms with Gasteiger partial charge in [-0.2, -0.15) is 0 Å². The van der Waals surface area contributed by atoms with E-state index in [1.165, 1.54) is 11.3 Å². The smallest absolute Gasteiger partial charge is 0.218 e. The Morgan fingerprint density at radius 2 is 2.08 bits per heavy atom. The summed E-state index contributed by atoms with van der Waals surface area (Å²) in [7, 11) is 3.19. The number of aromatic nitrogens is 1. The maximum Gasteiger partial charge on any atom is 0.218 e.